The van der Waals surface area contributed by atoms with E-state index in [-0.39, 0.29) is 0 Å². The molecule has 1 unspecified atom stereocenters. The fourth-order valence-electron chi connectivity index (χ4n) is 3.78. The lowest BCUT2D eigenvalue weighted by molar-refractivity contribution is 0.308. The zero-order valence-corrected chi connectivity index (χ0v) is 16.6. The number of hydrogen-bond donors (Lipinski definition) is 0. The number of hydrogen-bond acceptors (Lipinski definition) is 1. The molecule has 22 heavy (non-hydrogen) atoms. The van der Waals surface area contributed by atoms with Gasteiger partial charge >= 0.3 is 0 Å². The summed E-state index contributed by atoms with van der Waals surface area (Å²) in [6.07, 6.45) is 8.61. The van der Waals surface area contributed by atoms with Gasteiger partial charge in [-0.25, -0.2) is 0 Å². The van der Waals surface area contributed by atoms with Crippen molar-refractivity contribution in [3.63, 3.8) is 0 Å². The van der Waals surface area contributed by atoms with Crippen molar-refractivity contribution in [2.24, 2.45) is 10.8 Å². The number of nitrogens with zero attached hydrogens (tertiary/aromatic N) is 1. The van der Waals surface area contributed by atoms with Gasteiger partial charge in [-0.15, -0.1) is 0 Å². The van der Waals surface area contributed by atoms with Crippen LogP contribution in [0, 0.1) is 10.8 Å². The first-order valence-corrected chi connectivity index (χ1v) is 9.31. The Morgan fingerprint density at radius 3 is 1.77 bits per heavy atom. The summed E-state index contributed by atoms with van der Waals surface area (Å²) >= 11 is 0. The van der Waals surface area contributed by atoms with Crippen molar-refractivity contribution in [2.45, 2.75) is 86.6 Å². The van der Waals surface area contributed by atoms with Gasteiger partial charge in [0.05, 0.1) is 0 Å². The predicted molar refractivity (Wildman–Crippen MR) is 100 cm³/mol. The normalized spacial score (nSPS) is 18.2. The highest BCUT2D eigenvalue weighted by Crippen LogP contribution is 2.52. The lowest BCUT2D eigenvalue weighted by atomic mass is 9.65. The highest BCUT2D eigenvalue weighted by molar-refractivity contribution is 5.51. The highest BCUT2D eigenvalue weighted by atomic mass is 15.1. The van der Waals surface area contributed by atoms with E-state index in [1.807, 2.05) is 0 Å². The molecule has 0 heterocycles. The van der Waals surface area contributed by atoms with Crippen LogP contribution in [-0.4, -0.2) is 25.0 Å². The molecular formula is C21H39N. The van der Waals surface area contributed by atoms with Gasteiger partial charge in [-0.3, -0.25) is 0 Å². The molecule has 1 rings (SSSR count). The van der Waals surface area contributed by atoms with Crippen LogP contribution in [-0.2, 0) is 0 Å². The number of allylic oxidation sites excluding steroid dienone is 3. The van der Waals surface area contributed by atoms with Crippen molar-refractivity contribution in [1.29, 1.82) is 0 Å². The van der Waals surface area contributed by atoms with Crippen LogP contribution < -0.4 is 0 Å². The van der Waals surface area contributed by atoms with Crippen molar-refractivity contribution < 1.29 is 0 Å². The van der Waals surface area contributed by atoms with E-state index >= 15 is 0 Å². The maximum atomic E-state index is 2.56. The summed E-state index contributed by atoms with van der Waals surface area (Å²) in [6.45, 7) is 16.7. The third kappa shape index (κ3) is 3.35. The van der Waals surface area contributed by atoms with Gasteiger partial charge in [-0.05, 0) is 80.7 Å². The zero-order valence-electron chi connectivity index (χ0n) is 16.6. The lowest BCUT2D eigenvalue weighted by Gasteiger charge is -2.40. The van der Waals surface area contributed by atoms with Gasteiger partial charge < -0.3 is 4.90 Å². The first kappa shape index (κ1) is 19.5. The SMILES string of the molecule is CCC(C)(CC)C1=CCC(C(C)N(C)C)=C1C(C)(CC)CC. The first-order chi connectivity index (χ1) is 10.2. The third-order valence-electron chi connectivity index (χ3n) is 6.77. The van der Waals surface area contributed by atoms with Crippen LogP contribution >= 0.6 is 0 Å². The number of rotatable bonds is 8. The van der Waals surface area contributed by atoms with Gasteiger partial charge in [-0.1, -0.05) is 47.6 Å². The molecule has 1 atom stereocenters. The molecule has 0 spiro atoms. The van der Waals surface area contributed by atoms with Crippen LogP contribution in [0.5, 0.6) is 0 Å². The van der Waals surface area contributed by atoms with Crippen LogP contribution in [0.2, 0.25) is 0 Å². The van der Waals surface area contributed by atoms with E-state index in [1.54, 1.807) is 16.7 Å². The quantitative estimate of drug-likeness (QED) is 0.515. The van der Waals surface area contributed by atoms with Gasteiger partial charge in [-0.2, -0.15) is 0 Å². The smallest absolute Gasteiger partial charge is 0.0282 e. The van der Waals surface area contributed by atoms with Gasteiger partial charge in [0.1, 0.15) is 0 Å². The van der Waals surface area contributed by atoms with Crippen LogP contribution in [0.1, 0.15) is 80.6 Å². The fraction of sp³-hybridized carbons (Fsp3) is 0.810. The average Bonchev–Trinajstić information content (AvgIpc) is 2.98. The monoisotopic (exact) mass is 305 g/mol. The fourth-order valence-corrected chi connectivity index (χ4v) is 3.78. The van der Waals surface area contributed by atoms with Crippen molar-refractivity contribution >= 4 is 0 Å². The summed E-state index contributed by atoms with van der Waals surface area (Å²) < 4.78 is 0. The van der Waals surface area contributed by atoms with Gasteiger partial charge in [0.15, 0.2) is 0 Å². The summed E-state index contributed by atoms with van der Waals surface area (Å²) in [6, 6.07) is 0.527. The molecule has 0 N–H and O–H groups in total. The molecule has 1 nitrogen and oxygen atoms in total. The molecule has 0 aromatic carbocycles. The van der Waals surface area contributed by atoms with Crippen molar-refractivity contribution in [3.05, 3.63) is 22.8 Å². The van der Waals surface area contributed by atoms with E-state index in [2.05, 4.69) is 73.5 Å². The molecular weight excluding hydrogens is 266 g/mol. The Bertz CT molecular complexity index is 431. The van der Waals surface area contributed by atoms with Crippen LogP contribution in [0.25, 0.3) is 0 Å². The Kier molecular flexibility index (Phi) is 6.50. The molecule has 1 aliphatic carbocycles. The predicted octanol–water partition coefficient (Wildman–Crippen LogP) is 6.22. The Morgan fingerprint density at radius 1 is 0.955 bits per heavy atom. The van der Waals surface area contributed by atoms with Crippen molar-refractivity contribution in [3.8, 4) is 0 Å². The molecule has 0 saturated carbocycles. The van der Waals surface area contributed by atoms with Crippen molar-refractivity contribution in [2.75, 3.05) is 14.1 Å². The Balaban J connectivity index is 3.49. The van der Waals surface area contributed by atoms with E-state index in [4.69, 9.17) is 0 Å². The summed E-state index contributed by atoms with van der Waals surface area (Å²) in [5.74, 6) is 0. The van der Waals surface area contributed by atoms with Crippen LogP contribution in [0.3, 0.4) is 0 Å². The van der Waals surface area contributed by atoms with Crippen LogP contribution in [0.4, 0.5) is 0 Å². The zero-order chi connectivity index (χ0) is 17.1. The Hall–Kier alpha value is -0.560. The second kappa shape index (κ2) is 7.34. The lowest BCUT2D eigenvalue weighted by Crippen LogP contribution is -2.31. The topological polar surface area (TPSA) is 3.24 Å². The molecule has 0 saturated heterocycles. The third-order valence-corrected chi connectivity index (χ3v) is 6.77. The van der Waals surface area contributed by atoms with E-state index < -0.39 is 0 Å². The molecule has 0 aromatic rings. The summed E-state index contributed by atoms with van der Waals surface area (Å²) in [5.41, 5.74) is 5.67. The summed E-state index contributed by atoms with van der Waals surface area (Å²) in [7, 11) is 4.42. The van der Waals surface area contributed by atoms with Gasteiger partial charge in [0, 0.05) is 6.04 Å². The maximum absolute atomic E-state index is 2.56. The minimum Gasteiger partial charge on any atom is -0.303 e. The van der Waals surface area contributed by atoms with Gasteiger partial charge in [0.2, 0.25) is 0 Å². The molecule has 0 fully saturated rings. The molecule has 0 amide bonds. The Labute approximate surface area is 139 Å². The van der Waals surface area contributed by atoms with Gasteiger partial charge in [0.25, 0.3) is 0 Å². The molecule has 0 bridgehead atoms. The second-order valence-corrected chi connectivity index (χ2v) is 7.90. The van der Waals surface area contributed by atoms with E-state index in [0.717, 1.165) is 6.42 Å². The van der Waals surface area contributed by atoms with E-state index in [9.17, 15) is 0 Å². The maximum Gasteiger partial charge on any atom is 0.0282 e. The Morgan fingerprint density at radius 2 is 1.41 bits per heavy atom. The average molecular weight is 306 g/mol. The summed E-state index contributed by atoms with van der Waals surface area (Å²) in [5, 5.41) is 0. The molecule has 0 aromatic heterocycles. The number of likely N-dealkylation sites (N-methyl/N-ethyl adjacent to an activating group) is 1. The first-order valence-electron chi connectivity index (χ1n) is 9.31. The second-order valence-electron chi connectivity index (χ2n) is 7.90. The van der Waals surface area contributed by atoms with Crippen LogP contribution in [0.15, 0.2) is 22.8 Å². The standard InChI is InChI=1S/C21H39N/c1-10-20(6,11-2)18-15-14-17(16(5)22(8)9)19(18)21(7,12-3)13-4/h15-16H,10-14H2,1-9H3. The minimum absolute atomic E-state index is 0.313. The van der Waals surface area contributed by atoms with E-state index in [1.165, 1.54) is 25.7 Å². The molecule has 0 aliphatic heterocycles. The van der Waals surface area contributed by atoms with E-state index in [0.29, 0.717) is 16.9 Å². The molecule has 0 radical (unpaired) electrons. The minimum atomic E-state index is 0.313. The molecule has 1 aliphatic rings. The van der Waals surface area contributed by atoms with Crippen molar-refractivity contribution in [1.82, 2.24) is 4.90 Å². The highest BCUT2D eigenvalue weighted by Gasteiger charge is 2.40. The molecule has 128 valence electrons. The molecule has 1 heteroatoms. The largest absolute Gasteiger partial charge is 0.303 e. The summed E-state index contributed by atoms with van der Waals surface area (Å²) in [4.78, 5) is 2.37.